The van der Waals surface area contributed by atoms with Crippen molar-refractivity contribution in [3.8, 4) is 0 Å². The standard InChI is InChI=1S/C7H10F3N3/c1-2-13-6(7(8,9)10)5(3-11)4-12-13/h4H,2-3,11H2,1H3. The lowest BCUT2D eigenvalue weighted by Crippen LogP contribution is -2.17. The first-order chi connectivity index (χ1) is 6.00. The van der Waals surface area contributed by atoms with Crippen molar-refractivity contribution < 1.29 is 13.2 Å². The van der Waals surface area contributed by atoms with Gasteiger partial charge < -0.3 is 5.73 Å². The van der Waals surface area contributed by atoms with E-state index in [1.165, 1.54) is 0 Å². The average molecular weight is 193 g/mol. The summed E-state index contributed by atoms with van der Waals surface area (Å²) in [6.07, 6.45) is -3.21. The van der Waals surface area contributed by atoms with Crippen LogP contribution in [-0.4, -0.2) is 9.78 Å². The normalized spacial score (nSPS) is 12.1. The van der Waals surface area contributed by atoms with Gasteiger partial charge in [0.1, 0.15) is 5.69 Å². The third-order valence-corrected chi connectivity index (χ3v) is 1.70. The van der Waals surface area contributed by atoms with Gasteiger partial charge in [-0.3, -0.25) is 4.68 Å². The summed E-state index contributed by atoms with van der Waals surface area (Å²) >= 11 is 0. The minimum absolute atomic E-state index is 0.0364. The number of aryl methyl sites for hydroxylation is 1. The Labute approximate surface area is 73.3 Å². The second kappa shape index (κ2) is 3.37. The zero-order valence-electron chi connectivity index (χ0n) is 7.10. The number of rotatable bonds is 2. The van der Waals surface area contributed by atoms with Gasteiger partial charge in [0, 0.05) is 18.7 Å². The van der Waals surface area contributed by atoms with Crippen LogP contribution in [0.15, 0.2) is 6.20 Å². The number of alkyl halides is 3. The van der Waals surface area contributed by atoms with E-state index >= 15 is 0 Å². The Hall–Kier alpha value is -1.04. The van der Waals surface area contributed by atoms with Gasteiger partial charge in [-0.2, -0.15) is 18.3 Å². The molecule has 0 spiro atoms. The molecule has 2 N–H and O–H groups in total. The maximum absolute atomic E-state index is 12.4. The summed E-state index contributed by atoms with van der Waals surface area (Å²) in [5.41, 5.74) is 4.46. The zero-order valence-corrected chi connectivity index (χ0v) is 7.10. The van der Waals surface area contributed by atoms with Gasteiger partial charge in [-0.1, -0.05) is 0 Å². The van der Waals surface area contributed by atoms with Crippen LogP contribution in [-0.2, 0) is 19.3 Å². The molecule has 1 heterocycles. The molecule has 0 aromatic carbocycles. The maximum Gasteiger partial charge on any atom is 0.433 e. The van der Waals surface area contributed by atoms with Crippen molar-refractivity contribution in [1.29, 1.82) is 0 Å². The van der Waals surface area contributed by atoms with Crippen molar-refractivity contribution in [2.24, 2.45) is 5.73 Å². The molecule has 0 saturated carbocycles. The molecule has 0 atom stereocenters. The lowest BCUT2D eigenvalue weighted by Gasteiger charge is -2.10. The molecule has 0 aliphatic carbocycles. The van der Waals surface area contributed by atoms with Crippen molar-refractivity contribution in [3.63, 3.8) is 0 Å². The number of nitrogens with zero attached hydrogens (tertiary/aromatic N) is 2. The highest BCUT2D eigenvalue weighted by Crippen LogP contribution is 2.31. The van der Waals surface area contributed by atoms with Crippen LogP contribution in [0.3, 0.4) is 0 Å². The second-order valence-electron chi connectivity index (χ2n) is 2.54. The molecule has 0 bridgehead atoms. The third-order valence-electron chi connectivity index (χ3n) is 1.70. The third kappa shape index (κ3) is 1.82. The molecule has 1 aromatic heterocycles. The van der Waals surface area contributed by atoms with Gasteiger partial charge in [-0.15, -0.1) is 0 Å². The first-order valence-corrected chi connectivity index (χ1v) is 3.82. The smallest absolute Gasteiger partial charge is 0.326 e. The Bertz CT molecular complexity index is 268. The van der Waals surface area contributed by atoms with E-state index in [0.29, 0.717) is 0 Å². The highest BCUT2D eigenvalue weighted by Gasteiger charge is 2.37. The first-order valence-electron chi connectivity index (χ1n) is 3.82. The first kappa shape index (κ1) is 10.0. The molecule has 0 radical (unpaired) electrons. The van der Waals surface area contributed by atoms with E-state index in [-0.39, 0.29) is 18.7 Å². The monoisotopic (exact) mass is 193 g/mol. The fraction of sp³-hybridized carbons (Fsp3) is 0.571. The fourth-order valence-corrected chi connectivity index (χ4v) is 1.14. The number of hydrogen-bond donors (Lipinski definition) is 1. The maximum atomic E-state index is 12.4. The molecule has 0 unspecified atom stereocenters. The lowest BCUT2D eigenvalue weighted by atomic mass is 10.2. The van der Waals surface area contributed by atoms with Crippen LogP contribution in [0.25, 0.3) is 0 Å². The fourth-order valence-electron chi connectivity index (χ4n) is 1.14. The zero-order chi connectivity index (χ0) is 10.1. The Balaban J connectivity index is 3.20. The van der Waals surface area contributed by atoms with Crippen LogP contribution in [0, 0.1) is 0 Å². The quantitative estimate of drug-likeness (QED) is 0.771. The summed E-state index contributed by atoms with van der Waals surface area (Å²) in [5, 5.41) is 3.59. The molecular weight excluding hydrogens is 183 g/mol. The lowest BCUT2D eigenvalue weighted by molar-refractivity contribution is -0.144. The molecule has 74 valence electrons. The molecule has 6 heteroatoms. The Kier molecular flexibility index (Phi) is 2.60. The van der Waals surface area contributed by atoms with Gasteiger partial charge in [0.15, 0.2) is 0 Å². The molecule has 13 heavy (non-hydrogen) atoms. The van der Waals surface area contributed by atoms with Gasteiger partial charge in [-0.25, -0.2) is 0 Å². The molecule has 0 aliphatic rings. The predicted octanol–water partition coefficient (Wildman–Crippen LogP) is 1.38. The largest absolute Gasteiger partial charge is 0.433 e. The van der Waals surface area contributed by atoms with E-state index in [4.69, 9.17) is 5.73 Å². The van der Waals surface area contributed by atoms with Gasteiger partial charge in [-0.05, 0) is 6.92 Å². The molecule has 3 nitrogen and oxygen atoms in total. The minimum atomic E-state index is -4.37. The Morgan fingerprint density at radius 2 is 2.15 bits per heavy atom. The molecule has 0 saturated heterocycles. The van der Waals surface area contributed by atoms with Gasteiger partial charge in [0.05, 0.1) is 6.20 Å². The number of hydrogen-bond acceptors (Lipinski definition) is 2. The highest BCUT2D eigenvalue weighted by molar-refractivity contribution is 5.20. The van der Waals surface area contributed by atoms with Crippen molar-refractivity contribution in [1.82, 2.24) is 9.78 Å². The molecule has 0 fully saturated rings. The summed E-state index contributed by atoms with van der Waals surface area (Å²) < 4.78 is 38.1. The van der Waals surface area contributed by atoms with E-state index in [1.807, 2.05) is 0 Å². The summed E-state index contributed by atoms with van der Waals surface area (Å²) in [7, 11) is 0. The number of halogens is 3. The molecule has 0 aliphatic heterocycles. The van der Waals surface area contributed by atoms with E-state index in [0.717, 1.165) is 10.9 Å². The molecule has 1 aromatic rings. The second-order valence-corrected chi connectivity index (χ2v) is 2.54. The summed E-state index contributed by atoms with van der Waals surface area (Å²) in [4.78, 5) is 0. The van der Waals surface area contributed by atoms with Gasteiger partial charge >= 0.3 is 6.18 Å². The van der Waals surface area contributed by atoms with Crippen molar-refractivity contribution in [3.05, 3.63) is 17.5 Å². The highest BCUT2D eigenvalue weighted by atomic mass is 19.4. The summed E-state index contributed by atoms with van der Waals surface area (Å²) in [5.74, 6) is 0. The topological polar surface area (TPSA) is 43.8 Å². The SMILES string of the molecule is CCn1ncc(CN)c1C(F)(F)F. The van der Waals surface area contributed by atoms with Crippen LogP contribution >= 0.6 is 0 Å². The van der Waals surface area contributed by atoms with Crippen molar-refractivity contribution in [2.45, 2.75) is 26.2 Å². The van der Waals surface area contributed by atoms with Crippen LogP contribution in [0.5, 0.6) is 0 Å². The van der Waals surface area contributed by atoms with Crippen molar-refractivity contribution in [2.75, 3.05) is 0 Å². The van der Waals surface area contributed by atoms with E-state index < -0.39 is 11.9 Å². The minimum Gasteiger partial charge on any atom is -0.326 e. The van der Waals surface area contributed by atoms with E-state index in [9.17, 15) is 13.2 Å². The Morgan fingerprint density at radius 3 is 2.54 bits per heavy atom. The number of nitrogens with two attached hydrogens (primary N) is 1. The molecule has 0 amide bonds. The summed E-state index contributed by atoms with van der Waals surface area (Å²) in [6, 6.07) is 0. The van der Waals surface area contributed by atoms with Crippen LogP contribution in [0.1, 0.15) is 18.2 Å². The average Bonchev–Trinajstić information content (AvgIpc) is 2.45. The Morgan fingerprint density at radius 1 is 1.54 bits per heavy atom. The van der Waals surface area contributed by atoms with E-state index in [2.05, 4.69) is 5.10 Å². The van der Waals surface area contributed by atoms with Crippen LogP contribution in [0.4, 0.5) is 13.2 Å². The van der Waals surface area contributed by atoms with Crippen LogP contribution in [0.2, 0.25) is 0 Å². The van der Waals surface area contributed by atoms with Crippen molar-refractivity contribution >= 4 is 0 Å². The van der Waals surface area contributed by atoms with Gasteiger partial charge in [0.25, 0.3) is 0 Å². The predicted molar refractivity (Wildman–Crippen MR) is 40.8 cm³/mol. The van der Waals surface area contributed by atoms with Gasteiger partial charge in [0.2, 0.25) is 0 Å². The van der Waals surface area contributed by atoms with E-state index in [1.54, 1.807) is 6.92 Å². The van der Waals surface area contributed by atoms with Crippen LogP contribution < -0.4 is 5.73 Å². The summed E-state index contributed by atoms with van der Waals surface area (Å²) in [6.45, 7) is 1.65. The molecular formula is C7H10F3N3. The molecule has 1 rings (SSSR count). The number of aromatic nitrogens is 2.